The van der Waals surface area contributed by atoms with E-state index in [-0.39, 0.29) is 11.6 Å². The van der Waals surface area contributed by atoms with Gasteiger partial charge >= 0.3 is 0 Å². The van der Waals surface area contributed by atoms with Crippen LogP contribution in [-0.4, -0.2) is 23.9 Å². The van der Waals surface area contributed by atoms with Gasteiger partial charge < -0.3 is 10.6 Å². The van der Waals surface area contributed by atoms with Gasteiger partial charge in [-0.3, -0.25) is 4.79 Å². The number of fused-ring (bicyclic) bond motifs is 1. The first-order chi connectivity index (χ1) is 9.65. The fourth-order valence-corrected chi connectivity index (χ4v) is 3.63. The molecule has 3 rings (SSSR count). The van der Waals surface area contributed by atoms with E-state index in [0.717, 1.165) is 25.4 Å². The molecule has 1 aromatic carbocycles. The fourth-order valence-electron chi connectivity index (χ4n) is 3.63. The molecule has 1 heterocycles. The first-order valence-electron chi connectivity index (χ1n) is 7.49. The fraction of sp³-hybridized carbons (Fsp3) is 0.562. The second-order valence-electron chi connectivity index (χ2n) is 6.08. The van der Waals surface area contributed by atoms with Crippen molar-refractivity contribution in [1.82, 2.24) is 4.90 Å². The van der Waals surface area contributed by atoms with Crippen LogP contribution in [0.4, 0.5) is 10.1 Å². The number of halogens is 1. The van der Waals surface area contributed by atoms with Crippen LogP contribution in [0.5, 0.6) is 0 Å². The molecular weight excluding hydrogens is 255 g/mol. The maximum atomic E-state index is 13.5. The lowest BCUT2D eigenvalue weighted by Crippen LogP contribution is -2.44. The third kappa shape index (κ3) is 2.51. The molecule has 1 saturated heterocycles. The average molecular weight is 276 g/mol. The Bertz CT molecular complexity index is 517. The van der Waals surface area contributed by atoms with Crippen LogP contribution in [0, 0.1) is 17.7 Å². The van der Waals surface area contributed by atoms with Crippen molar-refractivity contribution in [2.24, 2.45) is 11.8 Å². The molecule has 0 spiro atoms. The van der Waals surface area contributed by atoms with Gasteiger partial charge in [0.05, 0.1) is 5.69 Å². The molecule has 4 heteroatoms. The topological polar surface area (TPSA) is 46.3 Å². The maximum Gasteiger partial charge on any atom is 0.253 e. The van der Waals surface area contributed by atoms with Crippen LogP contribution in [0.2, 0.25) is 0 Å². The number of likely N-dealkylation sites (tertiary alicyclic amines) is 1. The molecule has 1 amide bonds. The number of nitrogens with two attached hydrogens (primary N) is 1. The molecule has 2 fully saturated rings. The van der Waals surface area contributed by atoms with Gasteiger partial charge in [0.25, 0.3) is 5.91 Å². The van der Waals surface area contributed by atoms with E-state index in [2.05, 4.69) is 0 Å². The zero-order valence-electron chi connectivity index (χ0n) is 11.6. The third-order valence-corrected chi connectivity index (χ3v) is 4.83. The summed E-state index contributed by atoms with van der Waals surface area (Å²) in [7, 11) is 0. The van der Waals surface area contributed by atoms with Crippen molar-refractivity contribution in [2.45, 2.75) is 32.1 Å². The minimum atomic E-state index is -0.511. The first-order valence-corrected chi connectivity index (χ1v) is 7.49. The van der Waals surface area contributed by atoms with Crippen LogP contribution in [0.1, 0.15) is 42.5 Å². The largest absolute Gasteiger partial charge is 0.396 e. The molecule has 2 atom stereocenters. The van der Waals surface area contributed by atoms with E-state index in [0.29, 0.717) is 11.5 Å². The molecule has 2 aliphatic rings. The van der Waals surface area contributed by atoms with E-state index in [1.807, 2.05) is 4.90 Å². The SMILES string of the molecule is Nc1ccc(C(=O)N2CCC3CCCCC3C2)cc1F. The predicted octanol–water partition coefficient (Wildman–Crippen LogP) is 3.06. The van der Waals surface area contributed by atoms with Gasteiger partial charge in [0, 0.05) is 18.7 Å². The van der Waals surface area contributed by atoms with Crippen LogP contribution >= 0.6 is 0 Å². The number of piperidine rings is 1. The van der Waals surface area contributed by atoms with Gasteiger partial charge in [0.1, 0.15) is 5.82 Å². The maximum absolute atomic E-state index is 13.5. The zero-order chi connectivity index (χ0) is 14.1. The number of anilines is 1. The molecule has 0 bridgehead atoms. The van der Waals surface area contributed by atoms with Crippen molar-refractivity contribution in [1.29, 1.82) is 0 Å². The van der Waals surface area contributed by atoms with E-state index < -0.39 is 5.82 Å². The van der Waals surface area contributed by atoms with E-state index >= 15 is 0 Å². The van der Waals surface area contributed by atoms with E-state index in [4.69, 9.17) is 5.73 Å². The van der Waals surface area contributed by atoms with Crippen LogP contribution < -0.4 is 5.73 Å². The van der Waals surface area contributed by atoms with Crippen LogP contribution in [0.25, 0.3) is 0 Å². The summed E-state index contributed by atoms with van der Waals surface area (Å²) in [4.78, 5) is 14.3. The van der Waals surface area contributed by atoms with E-state index in [9.17, 15) is 9.18 Å². The number of hydrogen-bond acceptors (Lipinski definition) is 2. The molecule has 108 valence electrons. The second-order valence-corrected chi connectivity index (χ2v) is 6.08. The molecule has 2 unspecified atom stereocenters. The number of nitrogens with zero attached hydrogens (tertiary/aromatic N) is 1. The Hall–Kier alpha value is -1.58. The number of hydrogen-bond donors (Lipinski definition) is 1. The van der Waals surface area contributed by atoms with E-state index in [1.165, 1.54) is 37.8 Å². The third-order valence-electron chi connectivity index (χ3n) is 4.83. The lowest BCUT2D eigenvalue weighted by atomic mass is 9.75. The number of carbonyl (C=O) groups is 1. The standard InChI is InChI=1S/C16H21FN2O/c17-14-9-12(5-6-15(14)18)16(20)19-8-7-11-3-1-2-4-13(11)10-19/h5-6,9,11,13H,1-4,7-8,10,18H2. The molecule has 0 aromatic heterocycles. The van der Waals surface area contributed by atoms with Gasteiger partial charge in [-0.25, -0.2) is 4.39 Å². The second kappa shape index (κ2) is 5.43. The smallest absolute Gasteiger partial charge is 0.253 e. The molecule has 3 nitrogen and oxygen atoms in total. The van der Waals surface area contributed by atoms with Crippen molar-refractivity contribution in [3.8, 4) is 0 Å². The summed E-state index contributed by atoms with van der Waals surface area (Å²) >= 11 is 0. The summed E-state index contributed by atoms with van der Waals surface area (Å²) in [5, 5.41) is 0. The van der Waals surface area contributed by atoms with Gasteiger partial charge in [0.15, 0.2) is 0 Å². The lowest BCUT2D eigenvalue weighted by Gasteiger charge is -2.41. The van der Waals surface area contributed by atoms with Gasteiger partial charge in [-0.05, 0) is 42.9 Å². The summed E-state index contributed by atoms with van der Waals surface area (Å²) in [5.41, 5.74) is 5.95. The summed E-state index contributed by atoms with van der Waals surface area (Å²) in [6.45, 7) is 1.63. The van der Waals surface area contributed by atoms with Crippen LogP contribution in [0.15, 0.2) is 18.2 Å². The first kappa shape index (κ1) is 13.4. The van der Waals surface area contributed by atoms with Gasteiger partial charge in [-0.2, -0.15) is 0 Å². The zero-order valence-corrected chi connectivity index (χ0v) is 11.6. The van der Waals surface area contributed by atoms with Crippen LogP contribution in [-0.2, 0) is 0 Å². The number of rotatable bonds is 1. The van der Waals surface area contributed by atoms with Crippen molar-refractivity contribution >= 4 is 11.6 Å². The molecule has 1 aliphatic heterocycles. The molecular formula is C16H21FN2O. The summed E-state index contributed by atoms with van der Waals surface area (Å²) < 4.78 is 13.5. The molecule has 0 radical (unpaired) electrons. The number of amides is 1. The Balaban J connectivity index is 1.72. The van der Waals surface area contributed by atoms with Crippen LogP contribution in [0.3, 0.4) is 0 Å². The van der Waals surface area contributed by atoms with Crippen molar-refractivity contribution in [2.75, 3.05) is 18.8 Å². The normalized spacial score (nSPS) is 26.1. The number of carbonyl (C=O) groups excluding carboxylic acids is 1. The lowest BCUT2D eigenvalue weighted by molar-refractivity contribution is 0.0520. The van der Waals surface area contributed by atoms with Gasteiger partial charge in [-0.1, -0.05) is 19.3 Å². The summed E-state index contributed by atoms with van der Waals surface area (Å²) in [6, 6.07) is 4.34. The highest BCUT2D eigenvalue weighted by Crippen LogP contribution is 2.36. The van der Waals surface area contributed by atoms with Gasteiger partial charge in [-0.15, -0.1) is 0 Å². The highest BCUT2D eigenvalue weighted by Gasteiger charge is 2.33. The van der Waals surface area contributed by atoms with Crippen molar-refractivity contribution in [3.63, 3.8) is 0 Å². The van der Waals surface area contributed by atoms with Crippen molar-refractivity contribution < 1.29 is 9.18 Å². The quantitative estimate of drug-likeness (QED) is 0.801. The van der Waals surface area contributed by atoms with Crippen molar-refractivity contribution in [3.05, 3.63) is 29.6 Å². The summed E-state index contributed by atoms with van der Waals surface area (Å²) in [5.74, 6) is 0.854. The molecule has 2 N–H and O–H groups in total. The monoisotopic (exact) mass is 276 g/mol. The molecule has 1 saturated carbocycles. The number of nitrogen functional groups attached to an aromatic ring is 1. The summed E-state index contributed by atoms with van der Waals surface area (Å²) in [6.07, 6.45) is 6.24. The minimum absolute atomic E-state index is 0.0621. The van der Waals surface area contributed by atoms with Gasteiger partial charge in [0.2, 0.25) is 0 Å². The minimum Gasteiger partial charge on any atom is -0.396 e. The molecule has 20 heavy (non-hydrogen) atoms. The van der Waals surface area contributed by atoms with E-state index in [1.54, 1.807) is 6.07 Å². The Morgan fingerprint density at radius 2 is 1.95 bits per heavy atom. The highest BCUT2D eigenvalue weighted by atomic mass is 19.1. The number of benzene rings is 1. The predicted molar refractivity (Wildman–Crippen MR) is 76.8 cm³/mol. The molecule has 1 aliphatic carbocycles. The molecule has 1 aromatic rings. The highest BCUT2D eigenvalue weighted by molar-refractivity contribution is 5.94. The Labute approximate surface area is 118 Å². The average Bonchev–Trinajstić information content (AvgIpc) is 2.49. The Kier molecular flexibility index (Phi) is 3.64. The Morgan fingerprint density at radius 1 is 1.20 bits per heavy atom. The Morgan fingerprint density at radius 3 is 2.70 bits per heavy atom.